The van der Waals surface area contributed by atoms with Gasteiger partial charge < -0.3 is 15.0 Å². The zero-order valence-corrected chi connectivity index (χ0v) is 10.4. The lowest BCUT2D eigenvalue weighted by molar-refractivity contribution is -0.0246. The molecular formula is C13H19N3O2. The van der Waals surface area contributed by atoms with Crippen molar-refractivity contribution in [3.8, 4) is 0 Å². The van der Waals surface area contributed by atoms with Crippen molar-refractivity contribution in [3.05, 3.63) is 18.2 Å². The highest BCUT2D eigenvalue weighted by molar-refractivity contribution is 5.92. The zero-order valence-electron chi connectivity index (χ0n) is 10.4. The molecule has 2 aliphatic rings. The molecule has 5 heteroatoms. The van der Waals surface area contributed by atoms with Crippen LogP contribution in [0.2, 0.25) is 0 Å². The maximum Gasteiger partial charge on any atom is 0.269 e. The third kappa shape index (κ3) is 2.27. The molecule has 1 aliphatic heterocycles. The van der Waals surface area contributed by atoms with Crippen molar-refractivity contribution in [1.82, 2.24) is 15.3 Å². The van der Waals surface area contributed by atoms with E-state index in [1.807, 2.05) is 0 Å². The summed E-state index contributed by atoms with van der Waals surface area (Å²) in [5.41, 5.74) is 0.559. The number of carbonyl (C=O) groups is 1. The van der Waals surface area contributed by atoms with Crippen molar-refractivity contribution in [3.63, 3.8) is 0 Å². The van der Waals surface area contributed by atoms with Gasteiger partial charge in [0.1, 0.15) is 5.69 Å². The standard InChI is InChI=1S/C13H19N3O2/c17-12(11-7-14-9-15-11)16-10-6-13(18-8-10)4-2-1-3-5-13/h7,9-10H,1-6,8H2,(H,14,15)(H,16,17)/t10-/m0/s1. The lowest BCUT2D eigenvalue weighted by atomic mass is 9.82. The summed E-state index contributed by atoms with van der Waals surface area (Å²) in [7, 11) is 0. The molecule has 1 saturated heterocycles. The fourth-order valence-corrected chi connectivity index (χ4v) is 3.12. The number of amides is 1. The average molecular weight is 249 g/mol. The molecule has 1 spiro atoms. The predicted molar refractivity (Wildman–Crippen MR) is 66.2 cm³/mol. The van der Waals surface area contributed by atoms with Gasteiger partial charge in [-0.2, -0.15) is 0 Å². The van der Waals surface area contributed by atoms with Crippen molar-refractivity contribution < 1.29 is 9.53 Å². The van der Waals surface area contributed by atoms with E-state index in [4.69, 9.17) is 4.74 Å². The number of imidazole rings is 1. The van der Waals surface area contributed by atoms with E-state index in [1.165, 1.54) is 25.6 Å². The Labute approximate surface area is 106 Å². The van der Waals surface area contributed by atoms with Gasteiger partial charge in [-0.15, -0.1) is 0 Å². The average Bonchev–Trinajstić information content (AvgIpc) is 3.01. The lowest BCUT2D eigenvalue weighted by Crippen LogP contribution is -2.37. The molecule has 3 rings (SSSR count). The second-order valence-electron chi connectivity index (χ2n) is 5.39. The molecule has 98 valence electrons. The number of ether oxygens (including phenoxy) is 1. The van der Waals surface area contributed by atoms with Crippen molar-refractivity contribution in [1.29, 1.82) is 0 Å². The van der Waals surface area contributed by atoms with Gasteiger partial charge in [-0.3, -0.25) is 4.79 Å². The number of aromatic nitrogens is 2. The molecule has 1 aromatic rings. The van der Waals surface area contributed by atoms with Crippen LogP contribution in [0, 0.1) is 0 Å². The lowest BCUT2D eigenvalue weighted by Gasteiger charge is -2.32. The van der Waals surface area contributed by atoms with Gasteiger partial charge in [0.25, 0.3) is 5.91 Å². The van der Waals surface area contributed by atoms with Gasteiger partial charge in [-0.25, -0.2) is 4.98 Å². The number of rotatable bonds is 2. The minimum absolute atomic E-state index is 0.0458. The molecule has 1 atom stereocenters. The first-order valence-corrected chi connectivity index (χ1v) is 6.71. The second kappa shape index (κ2) is 4.72. The fourth-order valence-electron chi connectivity index (χ4n) is 3.12. The van der Waals surface area contributed by atoms with Crippen molar-refractivity contribution >= 4 is 5.91 Å². The molecule has 0 radical (unpaired) electrons. The van der Waals surface area contributed by atoms with E-state index in [9.17, 15) is 4.79 Å². The summed E-state index contributed by atoms with van der Waals surface area (Å²) in [6.45, 7) is 0.639. The summed E-state index contributed by atoms with van der Waals surface area (Å²) in [5, 5.41) is 3.02. The highest BCUT2D eigenvalue weighted by atomic mass is 16.5. The van der Waals surface area contributed by atoms with E-state index in [0.717, 1.165) is 19.3 Å². The van der Waals surface area contributed by atoms with E-state index in [1.54, 1.807) is 6.20 Å². The Morgan fingerprint density at radius 1 is 1.44 bits per heavy atom. The predicted octanol–water partition coefficient (Wildman–Crippen LogP) is 1.63. The molecule has 1 saturated carbocycles. The van der Waals surface area contributed by atoms with E-state index in [2.05, 4.69) is 15.3 Å². The molecule has 0 bridgehead atoms. The molecule has 0 unspecified atom stereocenters. The number of hydrogen-bond acceptors (Lipinski definition) is 3. The highest BCUT2D eigenvalue weighted by Crippen LogP contribution is 2.39. The maximum absolute atomic E-state index is 11.9. The monoisotopic (exact) mass is 249 g/mol. The summed E-state index contributed by atoms with van der Waals surface area (Å²) in [6, 6.07) is 0.138. The molecule has 5 nitrogen and oxygen atoms in total. The minimum Gasteiger partial charge on any atom is -0.373 e. The fraction of sp³-hybridized carbons (Fsp3) is 0.692. The SMILES string of the molecule is O=C(N[C@@H]1COC2(CCCCC2)C1)c1cnc[nH]1. The van der Waals surface area contributed by atoms with Gasteiger partial charge in [0.2, 0.25) is 0 Å². The number of aromatic amines is 1. The molecule has 18 heavy (non-hydrogen) atoms. The molecule has 2 heterocycles. The van der Waals surface area contributed by atoms with Gasteiger partial charge in [0, 0.05) is 0 Å². The molecular weight excluding hydrogens is 230 g/mol. The molecule has 0 aromatic carbocycles. The Bertz CT molecular complexity index is 410. The van der Waals surface area contributed by atoms with Crippen molar-refractivity contribution in [2.75, 3.05) is 6.61 Å². The van der Waals surface area contributed by atoms with Gasteiger partial charge in [-0.1, -0.05) is 19.3 Å². The summed E-state index contributed by atoms with van der Waals surface area (Å²) >= 11 is 0. The summed E-state index contributed by atoms with van der Waals surface area (Å²) in [5.74, 6) is -0.0889. The topological polar surface area (TPSA) is 67.0 Å². The van der Waals surface area contributed by atoms with Crippen LogP contribution in [0.15, 0.2) is 12.5 Å². The molecule has 1 aliphatic carbocycles. The quantitative estimate of drug-likeness (QED) is 0.837. The van der Waals surface area contributed by atoms with Gasteiger partial charge in [0.15, 0.2) is 0 Å². The molecule has 2 fully saturated rings. The third-order valence-corrected chi connectivity index (χ3v) is 4.05. The Kier molecular flexibility index (Phi) is 3.07. The molecule has 1 amide bonds. The molecule has 2 N–H and O–H groups in total. The Morgan fingerprint density at radius 3 is 3.00 bits per heavy atom. The Balaban J connectivity index is 1.57. The van der Waals surface area contributed by atoms with Gasteiger partial charge >= 0.3 is 0 Å². The smallest absolute Gasteiger partial charge is 0.269 e. The van der Waals surface area contributed by atoms with E-state index >= 15 is 0 Å². The first-order valence-electron chi connectivity index (χ1n) is 6.71. The van der Waals surface area contributed by atoms with E-state index < -0.39 is 0 Å². The van der Waals surface area contributed by atoms with Crippen LogP contribution in [-0.4, -0.2) is 34.1 Å². The first-order chi connectivity index (χ1) is 8.77. The summed E-state index contributed by atoms with van der Waals surface area (Å²) < 4.78 is 5.97. The zero-order chi connectivity index (χ0) is 12.4. The summed E-state index contributed by atoms with van der Waals surface area (Å²) in [6.07, 6.45) is 10.1. The number of hydrogen-bond donors (Lipinski definition) is 2. The van der Waals surface area contributed by atoms with E-state index in [-0.39, 0.29) is 17.6 Å². The van der Waals surface area contributed by atoms with Crippen LogP contribution < -0.4 is 5.32 Å². The van der Waals surface area contributed by atoms with Crippen LogP contribution in [0.1, 0.15) is 49.0 Å². The Hall–Kier alpha value is -1.36. The van der Waals surface area contributed by atoms with Crippen molar-refractivity contribution in [2.24, 2.45) is 0 Å². The highest BCUT2D eigenvalue weighted by Gasteiger charge is 2.41. The van der Waals surface area contributed by atoms with Crippen LogP contribution >= 0.6 is 0 Å². The minimum atomic E-state index is -0.0889. The second-order valence-corrected chi connectivity index (χ2v) is 5.39. The van der Waals surface area contributed by atoms with Crippen LogP contribution in [-0.2, 0) is 4.74 Å². The van der Waals surface area contributed by atoms with Crippen LogP contribution in [0.25, 0.3) is 0 Å². The number of H-pyrrole nitrogens is 1. The largest absolute Gasteiger partial charge is 0.373 e. The molecule has 1 aromatic heterocycles. The van der Waals surface area contributed by atoms with Gasteiger partial charge in [0.05, 0.1) is 30.8 Å². The van der Waals surface area contributed by atoms with Crippen LogP contribution in [0.5, 0.6) is 0 Å². The normalized spacial score (nSPS) is 26.3. The number of carbonyl (C=O) groups excluding carboxylic acids is 1. The number of nitrogens with zero attached hydrogens (tertiary/aromatic N) is 1. The Morgan fingerprint density at radius 2 is 2.28 bits per heavy atom. The van der Waals surface area contributed by atoms with Crippen molar-refractivity contribution in [2.45, 2.75) is 50.2 Å². The number of nitrogens with one attached hydrogen (secondary N) is 2. The van der Waals surface area contributed by atoms with Crippen LogP contribution in [0.3, 0.4) is 0 Å². The van der Waals surface area contributed by atoms with Crippen LogP contribution in [0.4, 0.5) is 0 Å². The van der Waals surface area contributed by atoms with E-state index in [0.29, 0.717) is 12.3 Å². The summed E-state index contributed by atoms with van der Waals surface area (Å²) in [4.78, 5) is 18.6. The first kappa shape index (κ1) is 11.7. The van der Waals surface area contributed by atoms with Gasteiger partial charge in [-0.05, 0) is 19.3 Å². The maximum atomic E-state index is 11.9. The third-order valence-electron chi connectivity index (χ3n) is 4.05.